The van der Waals surface area contributed by atoms with Crippen molar-refractivity contribution in [3.8, 4) is 11.1 Å². The van der Waals surface area contributed by atoms with Crippen molar-refractivity contribution in [2.24, 2.45) is 13.0 Å². The second kappa shape index (κ2) is 7.34. The van der Waals surface area contributed by atoms with Gasteiger partial charge < -0.3 is 0 Å². The third kappa shape index (κ3) is 4.39. The molecule has 0 spiro atoms. The molecule has 104 valence electrons. The van der Waals surface area contributed by atoms with E-state index in [1.807, 2.05) is 50.1 Å². The second-order valence-corrected chi connectivity index (χ2v) is 5.21. The van der Waals surface area contributed by atoms with Crippen LogP contribution in [-0.4, -0.2) is 9.78 Å². The van der Waals surface area contributed by atoms with Gasteiger partial charge in [-0.2, -0.15) is 5.10 Å². The predicted octanol–water partition coefficient (Wildman–Crippen LogP) is 4.97. The van der Waals surface area contributed by atoms with E-state index in [2.05, 4.69) is 25.0 Å². The highest BCUT2D eigenvalue weighted by molar-refractivity contribution is 6.31. The molecule has 3 heteroatoms. The molecule has 1 aromatic heterocycles. The molecule has 0 unspecified atom stereocenters. The molecule has 0 atom stereocenters. The minimum Gasteiger partial charge on any atom is -0.275 e. The fourth-order valence-corrected chi connectivity index (χ4v) is 2.12. The zero-order valence-corrected chi connectivity index (χ0v) is 13.2. The van der Waals surface area contributed by atoms with Crippen LogP contribution in [0, 0.1) is 5.92 Å². The summed E-state index contributed by atoms with van der Waals surface area (Å²) in [4.78, 5) is 0. The standard InChI is InChI=1S/C14H17ClN2.C2H6/c1-10(2)6-12-7-11(4-5-14(12)15)13-8-16-17(3)9-13;1-2/h4-5,7-10H,6H2,1-3H3;1-2H3. The van der Waals surface area contributed by atoms with Crippen LogP contribution in [0.5, 0.6) is 0 Å². The van der Waals surface area contributed by atoms with Gasteiger partial charge in [0.1, 0.15) is 0 Å². The fourth-order valence-electron chi connectivity index (χ4n) is 1.92. The van der Waals surface area contributed by atoms with Crippen molar-refractivity contribution in [1.29, 1.82) is 0 Å². The van der Waals surface area contributed by atoms with Crippen LogP contribution in [0.1, 0.15) is 33.3 Å². The average Bonchev–Trinajstić information content (AvgIpc) is 2.81. The first-order valence-electron chi connectivity index (χ1n) is 6.83. The van der Waals surface area contributed by atoms with Crippen LogP contribution < -0.4 is 0 Å². The van der Waals surface area contributed by atoms with Gasteiger partial charge in [0.25, 0.3) is 0 Å². The zero-order chi connectivity index (χ0) is 14.4. The summed E-state index contributed by atoms with van der Waals surface area (Å²) in [5.41, 5.74) is 3.52. The van der Waals surface area contributed by atoms with Crippen LogP contribution in [0.15, 0.2) is 30.6 Å². The van der Waals surface area contributed by atoms with E-state index in [-0.39, 0.29) is 0 Å². The highest BCUT2D eigenvalue weighted by Gasteiger charge is 2.07. The van der Waals surface area contributed by atoms with E-state index >= 15 is 0 Å². The van der Waals surface area contributed by atoms with Crippen LogP contribution >= 0.6 is 11.6 Å². The summed E-state index contributed by atoms with van der Waals surface area (Å²) in [6.45, 7) is 8.40. The van der Waals surface area contributed by atoms with Crippen molar-refractivity contribution in [3.05, 3.63) is 41.2 Å². The van der Waals surface area contributed by atoms with Crippen molar-refractivity contribution >= 4 is 11.6 Å². The number of nitrogens with zero attached hydrogens (tertiary/aromatic N) is 2. The zero-order valence-electron chi connectivity index (χ0n) is 12.4. The van der Waals surface area contributed by atoms with Crippen LogP contribution in [0.25, 0.3) is 11.1 Å². The SMILES string of the molecule is CC.CC(C)Cc1cc(-c2cnn(C)c2)ccc1Cl. The highest BCUT2D eigenvalue weighted by atomic mass is 35.5. The molecule has 0 aliphatic heterocycles. The number of benzene rings is 1. The number of aryl methyl sites for hydroxylation is 1. The quantitative estimate of drug-likeness (QED) is 0.775. The maximum Gasteiger partial charge on any atom is 0.0568 e. The Bertz CT molecular complexity index is 515. The third-order valence-electron chi connectivity index (χ3n) is 2.71. The van der Waals surface area contributed by atoms with Crippen molar-refractivity contribution in [1.82, 2.24) is 9.78 Å². The lowest BCUT2D eigenvalue weighted by Crippen LogP contribution is -1.95. The van der Waals surface area contributed by atoms with Crippen molar-refractivity contribution in [3.63, 3.8) is 0 Å². The molecule has 0 N–H and O–H groups in total. The number of aromatic nitrogens is 2. The first kappa shape index (κ1) is 15.8. The van der Waals surface area contributed by atoms with Gasteiger partial charge >= 0.3 is 0 Å². The lowest BCUT2D eigenvalue weighted by atomic mass is 9.99. The summed E-state index contributed by atoms with van der Waals surface area (Å²) in [6.07, 6.45) is 4.90. The lowest BCUT2D eigenvalue weighted by molar-refractivity contribution is 0.647. The Morgan fingerprint density at radius 3 is 2.42 bits per heavy atom. The normalized spacial score (nSPS) is 10.3. The maximum absolute atomic E-state index is 6.21. The van der Waals surface area contributed by atoms with Crippen LogP contribution in [-0.2, 0) is 13.5 Å². The fraction of sp³-hybridized carbons (Fsp3) is 0.438. The molecule has 2 nitrogen and oxygen atoms in total. The van der Waals surface area contributed by atoms with Gasteiger partial charge in [-0.3, -0.25) is 4.68 Å². The van der Waals surface area contributed by atoms with Gasteiger partial charge in [0.2, 0.25) is 0 Å². The number of rotatable bonds is 3. The summed E-state index contributed by atoms with van der Waals surface area (Å²) >= 11 is 6.21. The summed E-state index contributed by atoms with van der Waals surface area (Å²) in [5.74, 6) is 0.608. The summed E-state index contributed by atoms with van der Waals surface area (Å²) in [5, 5.41) is 5.04. The molecule has 19 heavy (non-hydrogen) atoms. The summed E-state index contributed by atoms with van der Waals surface area (Å²) < 4.78 is 1.81. The van der Waals surface area contributed by atoms with Crippen molar-refractivity contribution < 1.29 is 0 Å². The molecular weight excluding hydrogens is 256 g/mol. The van der Waals surface area contributed by atoms with E-state index in [0.717, 1.165) is 17.0 Å². The molecule has 2 rings (SSSR count). The van der Waals surface area contributed by atoms with Crippen molar-refractivity contribution in [2.75, 3.05) is 0 Å². The molecular formula is C16H23ClN2. The topological polar surface area (TPSA) is 17.8 Å². The molecule has 1 aromatic carbocycles. The number of halogens is 1. The average molecular weight is 279 g/mol. The highest BCUT2D eigenvalue weighted by Crippen LogP contribution is 2.26. The van der Waals surface area contributed by atoms with E-state index in [4.69, 9.17) is 11.6 Å². The van der Waals surface area contributed by atoms with Crippen LogP contribution in [0.4, 0.5) is 0 Å². The molecule has 0 bridgehead atoms. The van der Waals surface area contributed by atoms with Gasteiger partial charge in [-0.1, -0.05) is 45.4 Å². The first-order chi connectivity index (χ1) is 9.06. The molecule has 0 amide bonds. The van der Waals surface area contributed by atoms with Gasteiger partial charge in [0.15, 0.2) is 0 Å². The van der Waals surface area contributed by atoms with Crippen LogP contribution in [0.3, 0.4) is 0 Å². The third-order valence-corrected chi connectivity index (χ3v) is 3.08. The lowest BCUT2D eigenvalue weighted by Gasteiger charge is -2.09. The van der Waals surface area contributed by atoms with E-state index in [1.54, 1.807) is 0 Å². The van der Waals surface area contributed by atoms with Crippen molar-refractivity contribution in [2.45, 2.75) is 34.1 Å². The minimum absolute atomic E-state index is 0.608. The Morgan fingerprint density at radius 2 is 1.89 bits per heavy atom. The van der Waals surface area contributed by atoms with Gasteiger partial charge in [0.05, 0.1) is 6.20 Å². The van der Waals surface area contributed by atoms with Gasteiger partial charge in [-0.05, 0) is 35.6 Å². The Hall–Kier alpha value is -1.28. The van der Waals surface area contributed by atoms with E-state index in [1.165, 1.54) is 11.1 Å². The summed E-state index contributed by atoms with van der Waals surface area (Å²) in [7, 11) is 1.93. The van der Waals surface area contributed by atoms with Gasteiger partial charge in [0, 0.05) is 23.8 Å². The molecule has 0 aliphatic carbocycles. The van der Waals surface area contributed by atoms with E-state index in [9.17, 15) is 0 Å². The molecule has 0 fully saturated rings. The molecule has 2 aromatic rings. The van der Waals surface area contributed by atoms with Gasteiger partial charge in [-0.25, -0.2) is 0 Å². The minimum atomic E-state index is 0.608. The second-order valence-electron chi connectivity index (χ2n) is 4.81. The largest absolute Gasteiger partial charge is 0.275 e. The Kier molecular flexibility index (Phi) is 6.10. The van der Waals surface area contributed by atoms with Gasteiger partial charge in [-0.15, -0.1) is 0 Å². The first-order valence-corrected chi connectivity index (χ1v) is 7.21. The predicted molar refractivity (Wildman–Crippen MR) is 83.5 cm³/mol. The Balaban J connectivity index is 0.000000861. The van der Waals surface area contributed by atoms with Crippen LogP contribution in [0.2, 0.25) is 5.02 Å². The molecule has 0 saturated heterocycles. The smallest absolute Gasteiger partial charge is 0.0568 e. The molecule has 1 heterocycles. The Morgan fingerprint density at radius 1 is 1.21 bits per heavy atom. The molecule has 0 radical (unpaired) electrons. The Labute approximate surface area is 121 Å². The molecule has 0 aliphatic rings. The monoisotopic (exact) mass is 278 g/mol. The summed E-state index contributed by atoms with van der Waals surface area (Å²) in [6, 6.07) is 6.18. The number of hydrogen-bond donors (Lipinski definition) is 0. The maximum atomic E-state index is 6.21. The number of hydrogen-bond acceptors (Lipinski definition) is 1. The van der Waals surface area contributed by atoms with E-state index in [0.29, 0.717) is 5.92 Å². The molecule has 0 saturated carbocycles. The van der Waals surface area contributed by atoms with E-state index < -0.39 is 0 Å².